The highest BCUT2D eigenvalue weighted by atomic mass is 16.4. The third kappa shape index (κ3) is 1.24. The minimum Gasteiger partial charge on any atom is -0.480 e. The molecule has 0 saturated carbocycles. The van der Waals surface area contributed by atoms with E-state index in [-0.39, 0.29) is 6.54 Å². The average Bonchev–Trinajstić information content (AvgIpc) is 2.58. The Morgan fingerprint density at radius 3 is 2.60 bits per heavy atom. The first kappa shape index (κ1) is 9.51. The van der Waals surface area contributed by atoms with Crippen molar-refractivity contribution in [2.75, 3.05) is 6.54 Å². The summed E-state index contributed by atoms with van der Waals surface area (Å²) in [6.45, 7) is -0.0617. The van der Waals surface area contributed by atoms with Crippen molar-refractivity contribution in [3.05, 3.63) is 36.1 Å². The fraction of sp³-hybridized carbons (Fsp3) is 0.200. The van der Waals surface area contributed by atoms with Gasteiger partial charge in [0.05, 0.1) is 6.54 Å². The molecule has 1 atom stereocenters. The van der Waals surface area contributed by atoms with E-state index in [0.717, 1.165) is 4.90 Å². The number of hydrogen-bond donors (Lipinski definition) is 2. The summed E-state index contributed by atoms with van der Waals surface area (Å²) < 4.78 is 0. The Morgan fingerprint density at radius 1 is 1.33 bits per heavy atom. The summed E-state index contributed by atoms with van der Waals surface area (Å²) in [5.41, 5.74) is -0.701. The van der Waals surface area contributed by atoms with E-state index in [1.807, 2.05) is 0 Å². The van der Waals surface area contributed by atoms with Gasteiger partial charge in [-0.25, -0.2) is 4.79 Å². The first-order valence-electron chi connectivity index (χ1n) is 4.37. The maximum Gasteiger partial charge on any atom is 0.411 e. The zero-order valence-corrected chi connectivity index (χ0v) is 7.75. The molecular weight excluding hydrogens is 198 g/mol. The lowest BCUT2D eigenvalue weighted by atomic mass is 9.79. The van der Waals surface area contributed by atoms with E-state index in [4.69, 9.17) is 10.2 Å². The van der Waals surface area contributed by atoms with Crippen LogP contribution in [-0.2, 0) is 4.79 Å². The number of allylic oxidation sites excluding steroid dienone is 3. The van der Waals surface area contributed by atoms with E-state index in [1.54, 1.807) is 18.2 Å². The van der Waals surface area contributed by atoms with Crippen LogP contribution in [0.3, 0.4) is 0 Å². The molecule has 2 N–H and O–H groups in total. The van der Waals surface area contributed by atoms with Crippen LogP contribution in [0.5, 0.6) is 0 Å². The Balaban J connectivity index is 2.44. The summed E-state index contributed by atoms with van der Waals surface area (Å²) in [6, 6.07) is 0. The van der Waals surface area contributed by atoms with Crippen LogP contribution in [0.2, 0.25) is 0 Å². The van der Waals surface area contributed by atoms with Gasteiger partial charge in [-0.05, 0) is 5.57 Å². The van der Waals surface area contributed by atoms with E-state index in [1.165, 1.54) is 12.3 Å². The highest BCUT2D eigenvalue weighted by Gasteiger charge is 2.46. The average molecular weight is 207 g/mol. The molecule has 0 bridgehead atoms. The Morgan fingerprint density at radius 2 is 2.07 bits per heavy atom. The molecule has 0 spiro atoms. The summed E-state index contributed by atoms with van der Waals surface area (Å²) in [5.74, 6) is -1.03. The molecule has 0 aromatic heterocycles. The number of fused-ring (bicyclic) bond motifs is 1. The molecule has 78 valence electrons. The number of carboxylic acids is 1. The molecule has 5 heteroatoms. The molecule has 2 aliphatic rings. The van der Waals surface area contributed by atoms with Crippen LogP contribution in [0.1, 0.15) is 0 Å². The first-order chi connectivity index (χ1) is 7.06. The maximum atomic E-state index is 11.2. The number of amides is 1. The molecule has 2 rings (SSSR count). The lowest BCUT2D eigenvalue weighted by molar-refractivity contribution is -0.143. The number of rotatable bonds is 1. The van der Waals surface area contributed by atoms with Crippen LogP contribution in [-0.4, -0.2) is 33.7 Å². The van der Waals surface area contributed by atoms with Crippen molar-refractivity contribution in [1.29, 1.82) is 0 Å². The van der Waals surface area contributed by atoms with Crippen molar-refractivity contribution in [2.45, 2.75) is 0 Å². The summed E-state index contributed by atoms with van der Waals surface area (Å²) in [5, 5.41) is 17.9. The Hall–Kier alpha value is -2.04. The zero-order valence-electron chi connectivity index (χ0n) is 7.75. The molecule has 0 saturated heterocycles. The third-order valence-electron chi connectivity index (χ3n) is 2.62. The van der Waals surface area contributed by atoms with E-state index in [2.05, 4.69) is 0 Å². The summed E-state index contributed by atoms with van der Waals surface area (Å²) in [4.78, 5) is 22.9. The fourth-order valence-corrected chi connectivity index (χ4v) is 1.79. The van der Waals surface area contributed by atoms with Gasteiger partial charge in [-0.1, -0.05) is 24.3 Å². The van der Waals surface area contributed by atoms with Gasteiger partial charge < -0.3 is 10.2 Å². The number of carbonyl (C=O) groups is 2. The lowest BCUT2D eigenvalue weighted by Crippen LogP contribution is -2.37. The second-order valence-corrected chi connectivity index (χ2v) is 3.49. The van der Waals surface area contributed by atoms with Gasteiger partial charge in [0.1, 0.15) is 5.41 Å². The normalized spacial score (nSPS) is 27.5. The van der Waals surface area contributed by atoms with Crippen molar-refractivity contribution in [3.8, 4) is 0 Å². The molecule has 1 heterocycles. The highest BCUT2D eigenvalue weighted by molar-refractivity contribution is 5.86. The minimum atomic E-state index is -1.20. The Kier molecular flexibility index (Phi) is 1.89. The van der Waals surface area contributed by atoms with Crippen LogP contribution < -0.4 is 0 Å². The summed E-state index contributed by atoms with van der Waals surface area (Å²) in [6.07, 6.45) is 6.67. The van der Waals surface area contributed by atoms with Gasteiger partial charge in [0, 0.05) is 6.20 Å². The van der Waals surface area contributed by atoms with E-state index in [0.29, 0.717) is 5.57 Å². The van der Waals surface area contributed by atoms with Crippen LogP contribution in [0.15, 0.2) is 36.1 Å². The lowest BCUT2D eigenvalue weighted by Gasteiger charge is -2.24. The van der Waals surface area contributed by atoms with Crippen LogP contribution >= 0.6 is 0 Å². The molecule has 0 aromatic rings. The van der Waals surface area contributed by atoms with Crippen molar-refractivity contribution < 1.29 is 19.8 Å². The van der Waals surface area contributed by atoms with Gasteiger partial charge in [-0.2, -0.15) is 0 Å². The summed E-state index contributed by atoms with van der Waals surface area (Å²) >= 11 is 0. The molecular formula is C10H9NO4. The van der Waals surface area contributed by atoms with Gasteiger partial charge in [-0.3, -0.25) is 9.69 Å². The van der Waals surface area contributed by atoms with Gasteiger partial charge in [0.25, 0.3) is 0 Å². The second kappa shape index (κ2) is 2.98. The molecule has 15 heavy (non-hydrogen) atoms. The molecule has 1 aliphatic heterocycles. The predicted molar refractivity (Wildman–Crippen MR) is 51.2 cm³/mol. The SMILES string of the molecule is O=C(O)N1C=C2C=CC=CC2(C(=O)O)C1. The largest absolute Gasteiger partial charge is 0.480 e. The van der Waals surface area contributed by atoms with Crippen LogP contribution in [0, 0.1) is 5.41 Å². The molecule has 0 fully saturated rings. The van der Waals surface area contributed by atoms with Crippen molar-refractivity contribution in [1.82, 2.24) is 4.90 Å². The molecule has 1 unspecified atom stereocenters. The monoisotopic (exact) mass is 207 g/mol. The fourth-order valence-electron chi connectivity index (χ4n) is 1.79. The molecule has 0 radical (unpaired) electrons. The van der Waals surface area contributed by atoms with E-state index >= 15 is 0 Å². The minimum absolute atomic E-state index is 0.0617. The molecule has 5 nitrogen and oxygen atoms in total. The van der Waals surface area contributed by atoms with Gasteiger partial charge in [-0.15, -0.1) is 0 Å². The van der Waals surface area contributed by atoms with Crippen LogP contribution in [0.25, 0.3) is 0 Å². The number of aliphatic carboxylic acids is 1. The quantitative estimate of drug-likeness (QED) is 0.673. The van der Waals surface area contributed by atoms with Crippen molar-refractivity contribution in [2.24, 2.45) is 5.41 Å². The van der Waals surface area contributed by atoms with Crippen LogP contribution in [0.4, 0.5) is 4.79 Å². The van der Waals surface area contributed by atoms with Gasteiger partial charge in [0.15, 0.2) is 0 Å². The topological polar surface area (TPSA) is 77.8 Å². The van der Waals surface area contributed by atoms with E-state index < -0.39 is 17.5 Å². The van der Waals surface area contributed by atoms with Crippen molar-refractivity contribution in [3.63, 3.8) is 0 Å². The second-order valence-electron chi connectivity index (χ2n) is 3.49. The Labute approximate surface area is 85.6 Å². The molecule has 1 amide bonds. The standard InChI is InChI=1S/C10H9NO4/c12-8(13)10-4-2-1-3-7(10)5-11(6-10)9(14)15/h1-5H,6H2,(H,12,13)(H,14,15). The maximum absolute atomic E-state index is 11.2. The van der Waals surface area contributed by atoms with Crippen molar-refractivity contribution >= 4 is 12.1 Å². The highest BCUT2D eigenvalue weighted by Crippen LogP contribution is 2.39. The molecule has 0 aromatic carbocycles. The van der Waals surface area contributed by atoms with E-state index in [9.17, 15) is 9.59 Å². The first-order valence-corrected chi connectivity index (χ1v) is 4.37. The number of carboxylic acid groups (broad SMARTS) is 2. The third-order valence-corrected chi connectivity index (χ3v) is 2.62. The predicted octanol–water partition coefficient (Wildman–Crippen LogP) is 1.06. The number of hydrogen-bond acceptors (Lipinski definition) is 2. The molecule has 1 aliphatic carbocycles. The summed E-state index contributed by atoms with van der Waals surface area (Å²) in [7, 11) is 0. The number of nitrogens with zero attached hydrogens (tertiary/aromatic N) is 1. The Bertz CT molecular complexity index is 421. The zero-order chi connectivity index (χ0) is 11.1. The van der Waals surface area contributed by atoms with Gasteiger partial charge >= 0.3 is 12.1 Å². The van der Waals surface area contributed by atoms with Gasteiger partial charge in [0.2, 0.25) is 0 Å². The smallest absolute Gasteiger partial charge is 0.411 e.